The molecule has 0 aliphatic heterocycles. The lowest BCUT2D eigenvalue weighted by atomic mass is 9.84. The van der Waals surface area contributed by atoms with Gasteiger partial charge in [0.05, 0.1) is 6.20 Å². The Bertz CT molecular complexity index is 687. The average molecular weight is 322 g/mol. The zero-order valence-corrected chi connectivity index (χ0v) is 14.3. The van der Waals surface area contributed by atoms with E-state index in [-0.39, 0.29) is 0 Å². The van der Waals surface area contributed by atoms with E-state index < -0.39 is 0 Å². The van der Waals surface area contributed by atoms with Gasteiger partial charge in [-0.25, -0.2) is 0 Å². The molecule has 2 saturated carbocycles. The third kappa shape index (κ3) is 3.02. The van der Waals surface area contributed by atoms with Gasteiger partial charge < -0.3 is 4.52 Å². The first kappa shape index (κ1) is 14.7. The Morgan fingerprint density at radius 3 is 2.46 bits per heavy atom. The standard InChI is InChI=1S/C21H26N2O/c1-2-17-8-9-18(23(13-15-4-5-15)14-16-6-7-16)12-20(17)19(3-1)21-10-11-22-24-21/h1-3,10-11,15-16,18H,4-9,12-14H2. The zero-order valence-electron chi connectivity index (χ0n) is 14.3. The summed E-state index contributed by atoms with van der Waals surface area (Å²) in [6.45, 7) is 2.67. The first-order valence-electron chi connectivity index (χ1n) is 9.62. The minimum absolute atomic E-state index is 0.711. The Labute approximate surface area is 144 Å². The van der Waals surface area contributed by atoms with Crippen LogP contribution in [0.15, 0.2) is 35.0 Å². The molecule has 3 aliphatic carbocycles. The van der Waals surface area contributed by atoms with Crippen LogP contribution in [0.5, 0.6) is 0 Å². The maximum Gasteiger partial charge on any atom is 0.167 e. The highest BCUT2D eigenvalue weighted by molar-refractivity contribution is 5.64. The number of fused-ring (bicyclic) bond motifs is 1. The molecule has 126 valence electrons. The van der Waals surface area contributed by atoms with E-state index in [9.17, 15) is 0 Å². The van der Waals surface area contributed by atoms with Gasteiger partial charge in [-0.2, -0.15) is 0 Å². The van der Waals surface area contributed by atoms with Gasteiger partial charge in [0.2, 0.25) is 0 Å². The molecule has 3 heteroatoms. The summed E-state index contributed by atoms with van der Waals surface area (Å²) in [6, 6.07) is 9.38. The maximum atomic E-state index is 5.47. The summed E-state index contributed by atoms with van der Waals surface area (Å²) < 4.78 is 5.47. The van der Waals surface area contributed by atoms with Crippen LogP contribution in [0.4, 0.5) is 0 Å². The lowest BCUT2D eigenvalue weighted by Gasteiger charge is -2.36. The number of hydrogen-bond donors (Lipinski definition) is 0. The number of aryl methyl sites for hydroxylation is 1. The van der Waals surface area contributed by atoms with Crippen LogP contribution >= 0.6 is 0 Å². The molecule has 2 aromatic rings. The number of rotatable bonds is 6. The van der Waals surface area contributed by atoms with Gasteiger partial charge in [0.15, 0.2) is 5.76 Å². The summed E-state index contributed by atoms with van der Waals surface area (Å²) in [5.41, 5.74) is 4.27. The van der Waals surface area contributed by atoms with Gasteiger partial charge >= 0.3 is 0 Å². The minimum Gasteiger partial charge on any atom is -0.356 e. The monoisotopic (exact) mass is 322 g/mol. The fourth-order valence-corrected chi connectivity index (χ4v) is 4.30. The van der Waals surface area contributed by atoms with Crippen LogP contribution in [0, 0.1) is 11.8 Å². The van der Waals surface area contributed by atoms with E-state index in [2.05, 4.69) is 28.3 Å². The van der Waals surface area contributed by atoms with Crippen molar-refractivity contribution >= 4 is 0 Å². The number of aromatic nitrogens is 1. The van der Waals surface area contributed by atoms with E-state index in [0.29, 0.717) is 6.04 Å². The van der Waals surface area contributed by atoms with Gasteiger partial charge in [0, 0.05) is 30.8 Å². The summed E-state index contributed by atoms with van der Waals surface area (Å²) in [5.74, 6) is 2.88. The number of benzene rings is 1. The van der Waals surface area contributed by atoms with Crippen molar-refractivity contribution in [1.82, 2.24) is 10.1 Å². The summed E-state index contributed by atoms with van der Waals surface area (Å²) in [6.07, 6.45) is 11.2. The predicted molar refractivity (Wildman–Crippen MR) is 94.8 cm³/mol. The van der Waals surface area contributed by atoms with E-state index in [4.69, 9.17) is 4.52 Å². The molecule has 1 aromatic carbocycles. The van der Waals surface area contributed by atoms with Crippen molar-refractivity contribution in [3.05, 3.63) is 41.6 Å². The van der Waals surface area contributed by atoms with Crippen molar-refractivity contribution in [3.8, 4) is 11.3 Å². The van der Waals surface area contributed by atoms with Crippen LogP contribution in [0.2, 0.25) is 0 Å². The lowest BCUT2D eigenvalue weighted by molar-refractivity contribution is 0.165. The highest BCUT2D eigenvalue weighted by Crippen LogP contribution is 2.38. The summed E-state index contributed by atoms with van der Waals surface area (Å²) >= 11 is 0. The lowest BCUT2D eigenvalue weighted by Crippen LogP contribution is -2.42. The molecule has 0 saturated heterocycles. The van der Waals surface area contributed by atoms with Crippen LogP contribution < -0.4 is 0 Å². The Hall–Kier alpha value is -1.61. The van der Waals surface area contributed by atoms with Crippen molar-refractivity contribution in [2.45, 2.75) is 51.0 Å². The van der Waals surface area contributed by atoms with Gasteiger partial charge in [-0.15, -0.1) is 0 Å². The van der Waals surface area contributed by atoms with Crippen LogP contribution in [0.3, 0.4) is 0 Å². The second kappa shape index (κ2) is 6.03. The molecule has 0 amide bonds. The highest BCUT2D eigenvalue weighted by atomic mass is 16.5. The predicted octanol–water partition coefficient (Wildman–Crippen LogP) is 4.32. The summed E-state index contributed by atoms with van der Waals surface area (Å²) in [7, 11) is 0. The van der Waals surface area contributed by atoms with Gasteiger partial charge in [-0.05, 0) is 67.9 Å². The fraction of sp³-hybridized carbons (Fsp3) is 0.571. The van der Waals surface area contributed by atoms with E-state index in [1.807, 2.05) is 6.07 Å². The minimum atomic E-state index is 0.711. The normalized spacial score (nSPS) is 23.5. The molecule has 24 heavy (non-hydrogen) atoms. The summed E-state index contributed by atoms with van der Waals surface area (Å²) in [4.78, 5) is 2.84. The number of hydrogen-bond acceptors (Lipinski definition) is 3. The van der Waals surface area contributed by atoms with E-state index in [1.165, 1.54) is 74.7 Å². The molecule has 1 heterocycles. The SMILES string of the molecule is c1cc2c(c(-c3ccno3)c1)CC(N(CC1CC1)CC1CC1)CC2. The van der Waals surface area contributed by atoms with Gasteiger partial charge in [0.25, 0.3) is 0 Å². The highest BCUT2D eigenvalue weighted by Gasteiger charge is 2.34. The fourth-order valence-electron chi connectivity index (χ4n) is 4.30. The van der Waals surface area contributed by atoms with Crippen molar-refractivity contribution in [2.75, 3.05) is 13.1 Å². The molecule has 3 aliphatic rings. The first-order valence-corrected chi connectivity index (χ1v) is 9.62. The van der Waals surface area contributed by atoms with Crippen molar-refractivity contribution < 1.29 is 4.52 Å². The molecule has 1 unspecified atom stereocenters. The van der Waals surface area contributed by atoms with Crippen molar-refractivity contribution in [2.24, 2.45) is 11.8 Å². The molecular weight excluding hydrogens is 296 g/mol. The molecule has 0 bridgehead atoms. The van der Waals surface area contributed by atoms with Crippen molar-refractivity contribution in [3.63, 3.8) is 0 Å². The maximum absolute atomic E-state index is 5.47. The summed E-state index contributed by atoms with van der Waals surface area (Å²) in [5, 5.41) is 3.91. The molecule has 0 spiro atoms. The molecule has 2 fully saturated rings. The Morgan fingerprint density at radius 1 is 1.00 bits per heavy atom. The van der Waals surface area contributed by atoms with E-state index >= 15 is 0 Å². The molecule has 1 atom stereocenters. The third-order valence-electron chi connectivity index (χ3n) is 6.06. The molecular formula is C21H26N2O. The van der Waals surface area contributed by atoms with Gasteiger partial charge in [-0.3, -0.25) is 4.90 Å². The second-order valence-electron chi connectivity index (χ2n) is 8.06. The quantitative estimate of drug-likeness (QED) is 0.793. The topological polar surface area (TPSA) is 29.3 Å². The molecule has 1 aromatic heterocycles. The third-order valence-corrected chi connectivity index (χ3v) is 6.06. The Kier molecular flexibility index (Phi) is 3.70. The second-order valence-corrected chi connectivity index (χ2v) is 8.06. The van der Waals surface area contributed by atoms with Crippen LogP contribution in [-0.4, -0.2) is 29.2 Å². The molecule has 0 N–H and O–H groups in total. The molecule has 5 rings (SSSR count). The van der Waals surface area contributed by atoms with Crippen LogP contribution in [-0.2, 0) is 12.8 Å². The van der Waals surface area contributed by atoms with Crippen molar-refractivity contribution in [1.29, 1.82) is 0 Å². The molecule has 0 radical (unpaired) electrons. The van der Waals surface area contributed by atoms with Gasteiger partial charge in [-0.1, -0.05) is 23.4 Å². The first-order chi connectivity index (χ1) is 11.9. The smallest absolute Gasteiger partial charge is 0.167 e. The largest absolute Gasteiger partial charge is 0.356 e. The Balaban J connectivity index is 1.41. The molecule has 3 nitrogen and oxygen atoms in total. The van der Waals surface area contributed by atoms with Crippen LogP contribution in [0.1, 0.15) is 43.2 Å². The zero-order chi connectivity index (χ0) is 15.9. The Morgan fingerprint density at radius 2 is 1.79 bits per heavy atom. The number of nitrogens with zero attached hydrogens (tertiary/aromatic N) is 2. The average Bonchev–Trinajstić information content (AvgIpc) is 3.54. The van der Waals surface area contributed by atoms with Gasteiger partial charge in [0.1, 0.15) is 0 Å². The van der Waals surface area contributed by atoms with E-state index in [1.54, 1.807) is 6.20 Å². The van der Waals surface area contributed by atoms with Crippen LogP contribution in [0.25, 0.3) is 11.3 Å². The van der Waals surface area contributed by atoms with E-state index in [0.717, 1.165) is 17.6 Å².